The van der Waals surface area contributed by atoms with Gasteiger partial charge in [0, 0.05) is 29.9 Å². The average Bonchev–Trinajstić information content (AvgIpc) is 2.78. The van der Waals surface area contributed by atoms with Crippen LogP contribution in [-0.2, 0) is 4.79 Å². The molecule has 0 aliphatic carbocycles. The highest BCUT2D eigenvalue weighted by molar-refractivity contribution is 6.31. The summed E-state index contributed by atoms with van der Waals surface area (Å²) in [6, 6.07) is 14.2. The Morgan fingerprint density at radius 2 is 1.94 bits per heavy atom. The number of piperidine rings is 1. The molecule has 1 aliphatic heterocycles. The van der Waals surface area contributed by atoms with Crippen LogP contribution in [0.2, 0.25) is 5.02 Å². The van der Waals surface area contributed by atoms with Crippen LogP contribution in [0.1, 0.15) is 18.4 Å². The predicted molar refractivity (Wildman–Crippen MR) is 120 cm³/mol. The van der Waals surface area contributed by atoms with Crippen molar-refractivity contribution in [1.29, 1.82) is 0 Å². The number of carbonyl (C=O) groups excluding carboxylic acids is 1. The molecule has 1 N–H and O–H groups in total. The second-order valence-corrected chi connectivity index (χ2v) is 8.06. The van der Waals surface area contributed by atoms with Crippen molar-refractivity contribution < 1.29 is 9.18 Å². The lowest BCUT2D eigenvalue weighted by atomic mass is 9.97. The molecule has 1 aliphatic rings. The first kappa shape index (κ1) is 21.1. The Bertz CT molecular complexity index is 1160. The van der Waals surface area contributed by atoms with Crippen LogP contribution >= 0.6 is 11.6 Å². The Labute approximate surface area is 184 Å². The third-order valence-electron chi connectivity index (χ3n) is 5.41. The van der Waals surface area contributed by atoms with Gasteiger partial charge in [-0.1, -0.05) is 17.7 Å². The number of nitrogens with zero attached hydrogens (tertiary/aromatic N) is 3. The highest BCUT2D eigenvalue weighted by Gasteiger charge is 2.27. The highest BCUT2D eigenvalue weighted by atomic mass is 35.5. The summed E-state index contributed by atoms with van der Waals surface area (Å²) in [5.74, 6) is -0.0850. The summed E-state index contributed by atoms with van der Waals surface area (Å²) in [6.07, 6.45) is 1.56. The number of benzene rings is 2. The number of amides is 1. The lowest BCUT2D eigenvalue weighted by Gasteiger charge is -2.32. The minimum Gasteiger partial charge on any atom is -0.354 e. The molecule has 2 aromatic carbocycles. The number of rotatable bonds is 4. The fourth-order valence-corrected chi connectivity index (χ4v) is 3.82. The van der Waals surface area contributed by atoms with Gasteiger partial charge in [-0.05, 0) is 67.8 Å². The number of halogens is 2. The maximum Gasteiger partial charge on any atom is 0.271 e. The zero-order valence-corrected chi connectivity index (χ0v) is 17.8. The van der Waals surface area contributed by atoms with Crippen LogP contribution in [0.25, 0.3) is 5.69 Å². The smallest absolute Gasteiger partial charge is 0.271 e. The molecule has 6 nitrogen and oxygen atoms in total. The van der Waals surface area contributed by atoms with Gasteiger partial charge in [0.2, 0.25) is 5.91 Å². The van der Waals surface area contributed by atoms with Crippen molar-refractivity contribution in [3.63, 3.8) is 0 Å². The van der Waals surface area contributed by atoms with Gasteiger partial charge in [0.15, 0.2) is 0 Å². The summed E-state index contributed by atoms with van der Waals surface area (Å²) in [7, 11) is 0. The van der Waals surface area contributed by atoms with Crippen molar-refractivity contribution in [2.24, 2.45) is 5.92 Å². The second-order valence-electron chi connectivity index (χ2n) is 7.66. The van der Waals surface area contributed by atoms with Crippen LogP contribution in [0.3, 0.4) is 0 Å². The third-order valence-corrected chi connectivity index (χ3v) is 5.82. The normalized spacial score (nSPS) is 16.2. The van der Waals surface area contributed by atoms with Gasteiger partial charge in [-0.25, -0.2) is 4.39 Å². The molecular weight excluding hydrogens is 419 g/mol. The van der Waals surface area contributed by atoms with Gasteiger partial charge in [0.05, 0.1) is 11.6 Å². The Hall–Kier alpha value is -3.19. The molecule has 1 saturated heterocycles. The van der Waals surface area contributed by atoms with E-state index in [-0.39, 0.29) is 23.2 Å². The van der Waals surface area contributed by atoms with Crippen molar-refractivity contribution in [1.82, 2.24) is 9.78 Å². The number of anilines is 2. The van der Waals surface area contributed by atoms with Gasteiger partial charge >= 0.3 is 0 Å². The van der Waals surface area contributed by atoms with E-state index < -0.39 is 0 Å². The monoisotopic (exact) mass is 440 g/mol. The van der Waals surface area contributed by atoms with E-state index in [9.17, 15) is 14.0 Å². The van der Waals surface area contributed by atoms with Crippen molar-refractivity contribution in [3.8, 4) is 5.69 Å². The topological polar surface area (TPSA) is 67.2 Å². The highest BCUT2D eigenvalue weighted by Crippen LogP contribution is 2.24. The zero-order valence-electron chi connectivity index (χ0n) is 17.0. The van der Waals surface area contributed by atoms with E-state index in [1.807, 2.05) is 17.9 Å². The molecule has 0 radical (unpaired) electrons. The van der Waals surface area contributed by atoms with Crippen molar-refractivity contribution in [2.45, 2.75) is 19.8 Å². The average molecular weight is 441 g/mol. The summed E-state index contributed by atoms with van der Waals surface area (Å²) in [5.41, 5.74) is 1.81. The molecule has 0 spiro atoms. The minimum absolute atomic E-state index is 0.116. The summed E-state index contributed by atoms with van der Waals surface area (Å²) >= 11 is 6.21. The Morgan fingerprint density at radius 1 is 1.16 bits per heavy atom. The fourth-order valence-electron chi connectivity index (χ4n) is 3.65. The lowest BCUT2D eigenvalue weighted by Crippen LogP contribution is -2.41. The standard InChI is InChI=1S/C23H22ClFN4O2/c1-15-4-9-19(13-20(15)24)29-22(30)11-10-21(27-29)28-12-2-3-16(14-28)23(31)26-18-7-5-17(25)6-8-18/h4-11,13,16H,2-3,12,14H2,1H3,(H,26,31)/t16-/m0/s1. The summed E-state index contributed by atoms with van der Waals surface area (Å²) in [5, 5.41) is 7.93. The molecule has 0 unspecified atom stereocenters. The van der Waals surface area contributed by atoms with E-state index in [2.05, 4.69) is 10.4 Å². The van der Waals surface area contributed by atoms with Gasteiger partial charge in [0.1, 0.15) is 11.6 Å². The number of hydrogen-bond acceptors (Lipinski definition) is 4. The van der Waals surface area contributed by atoms with Crippen molar-refractivity contribution in [2.75, 3.05) is 23.3 Å². The predicted octanol–water partition coefficient (Wildman–Crippen LogP) is 4.19. The van der Waals surface area contributed by atoms with E-state index in [1.165, 1.54) is 35.0 Å². The minimum atomic E-state index is -0.349. The molecule has 8 heteroatoms. The number of hydrogen-bond donors (Lipinski definition) is 1. The molecule has 0 saturated carbocycles. The Morgan fingerprint density at radius 3 is 2.68 bits per heavy atom. The largest absolute Gasteiger partial charge is 0.354 e. The van der Waals surface area contributed by atoms with Crippen LogP contribution in [0.4, 0.5) is 15.9 Å². The first-order valence-corrected chi connectivity index (χ1v) is 10.5. The molecule has 0 bridgehead atoms. The van der Waals surface area contributed by atoms with E-state index in [0.717, 1.165) is 24.9 Å². The fraction of sp³-hybridized carbons (Fsp3) is 0.261. The molecule has 2 heterocycles. The molecule has 1 amide bonds. The van der Waals surface area contributed by atoms with Gasteiger partial charge in [-0.15, -0.1) is 5.10 Å². The molecule has 1 atom stereocenters. The number of aromatic nitrogens is 2. The molecule has 31 heavy (non-hydrogen) atoms. The van der Waals surface area contributed by atoms with Crippen LogP contribution in [0.5, 0.6) is 0 Å². The van der Waals surface area contributed by atoms with E-state index in [4.69, 9.17) is 11.6 Å². The molecule has 1 aromatic heterocycles. The maximum absolute atomic E-state index is 13.1. The van der Waals surface area contributed by atoms with Gasteiger partial charge in [0.25, 0.3) is 5.56 Å². The van der Waals surface area contributed by atoms with E-state index in [0.29, 0.717) is 28.8 Å². The number of carbonyl (C=O) groups is 1. The summed E-state index contributed by atoms with van der Waals surface area (Å²) in [4.78, 5) is 27.1. The van der Waals surface area contributed by atoms with Gasteiger partial charge in [-0.2, -0.15) is 4.68 Å². The van der Waals surface area contributed by atoms with Gasteiger partial charge < -0.3 is 10.2 Å². The van der Waals surface area contributed by atoms with Crippen molar-refractivity contribution in [3.05, 3.63) is 81.4 Å². The number of aryl methyl sites for hydroxylation is 1. The molecule has 4 rings (SSSR count). The summed E-state index contributed by atoms with van der Waals surface area (Å²) in [6.45, 7) is 3.11. The summed E-state index contributed by atoms with van der Waals surface area (Å²) < 4.78 is 14.4. The molecule has 160 valence electrons. The van der Waals surface area contributed by atoms with Crippen LogP contribution in [0.15, 0.2) is 59.4 Å². The third kappa shape index (κ3) is 4.77. The second kappa shape index (κ2) is 8.89. The molecule has 1 fully saturated rings. The van der Waals surface area contributed by atoms with Crippen molar-refractivity contribution >= 4 is 29.0 Å². The zero-order chi connectivity index (χ0) is 22.0. The first-order valence-electron chi connectivity index (χ1n) is 10.1. The van der Waals surface area contributed by atoms with Crippen LogP contribution < -0.4 is 15.8 Å². The molecule has 3 aromatic rings. The van der Waals surface area contributed by atoms with E-state index >= 15 is 0 Å². The molecular formula is C23H22ClFN4O2. The quantitative estimate of drug-likeness (QED) is 0.660. The Balaban J connectivity index is 1.52. The van der Waals surface area contributed by atoms with Crippen LogP contribution in [-0.4, -0.2) is 28.8 Å². The Kier molecular flexibility index (Phi) is 6.04. The lowest BCUT2D eigenvalue weighted by molar-refractivity contribution is -0.120. The number of nitrogens with one attached hydrogen (secondary N) is 1. The maximum atomic E-state index is 13.1. The van der Waals surface area contributed by atoms with Gasteiger partial charge in [-0.3, -0.25) is 9.59 Å². The first-order chi connectivity index (χ1) is 14.9. The van der Waals surface area contributed by atoms with Crippen LogP contribution in [0, 0.1) is 18.7 Å². The van der Waals surface area contributed by atoms with E-state index in [1.54, 1.807) is 18.2 Å². The SMILES string of the molecule is Cc1ccc(-n2nc(N3CCC[C@H](C(=O)Nc4ccc(F)cc4)C3)ccc2=O)cc1Cl.